The van der Waals surface area contributed by atoms with Crippen molar-refractivity contribution in [2.24, 2.45) is 5.73 Å². The van der Waals surface area contributed by atoms with Crippen LogP contribution < -0.4 is 11.1 Å². The molecule has 1 aromatic carbocycles. The second kappa shape index (κ2) is 6.76. The van der Waals surface area contributed by atoms with E-state index < -0.39 is 12.0 Å². The molecule has 3 N–H and O–H groups in total. The maximum atomic E-state index is 12.0. The average molecular weight is 250 g/mol. The second-order valence-corrected chi connectivity index (χ2v) is 3.85. The third kappa shape index (κ3) is 3.56. The molecule has 0 aliphatic carbocycles. The number of Topliss-reactive ketones (excluding diaryl/α,β-unsaturated/α-hetero) is 1. The Bertz CT molecular complexity index is 432. The van der Waals surface area contributed by atoms with Gasteiger partial charge in [-0.2, -0.15) is 0 Å². The lowest BCUT2D eigenvalue weighted by Crippen LogP contribution is -2.30. The molecule has 0 amide bonds. The molecule has 0 heterocycles. The number of rotatable bonds is 6. The van der Waals surface area contributed by atoms with Crippen molar-refractivity contribution in [3.8, 4) is 0 Å². The fraction of sp³-hybridized carbons (Fsp3) is 0.385. The van der Waals surface area contributed by atoms with Crippen LogP contribution in [0.3, 0.4) is 0 Å². The summed E-state index contributed by atoms with van der Waals surface area (Å²) in [5.41, 5.74) is 6.82. The molecular weight excluding hydrogens is 232 g/mol. The molecule has 5 heteroatoms. The maximum Gasteiger partial charge on any atom is 0.325 e. The quantitative estimate of drug-likeness (QED) is 0.585. The number of ketones is 1. The molecular formula is C13H18N2O3. The fourth-order valence-corrected chi connectivity index (χ4v) is 1.48. The topological polar surface area (TPSA) is 81.4 Å². The zero-order chi connectivity index (χ0) is 13.5. The second-order valence-electron chi connectivity index (χ2n) is 3.85. The number of hydrogen-bond acceptors (Lipinski definition) is 5. The Morgan fingerprint density at radius 3 is 2.67 bits per heavy atom. The van der Waals surface area contributed by atoms with Gasteiger partial charge in [-0.1, -0.05) is 19.1 Å². The summed E-state index contributed by atoms with van der Waals surface area (Å²) in [6, 6.07) is 6.45. The molecule has 0 bridgehead atoms. The van der Waals surface area contributed by atoms with Gasteiger partial charge in [-0.3, -0.25) is 9.59 Å². The van der Waals surface area contributed by atoms with E-state index >= 15 is 0 Å². The summed E-state index contributed by atoms with van der Waals surface area (Å²) in [6.07, 6.45) is 0.574. The van der Waals surface area contributed by atoms with Gasteiger partial charge < -0.3 is 15.8 Å². The molecule has 0 aromatic heterocycles. The van der Waals surface area contributed by atoms with Crippen LogP contribution >= 0.6 is 0 Å². The molecule has 1 aromatic rings. The van der Waals surface area contributed by atoms with Gasteiger partial charge in [0.2, 0.25) is 0 Å². The number of carbonyl (C=O) groups is 2. The monoisotopic (exact) mass is 250 g/mol. The van der Waals surface area contributed by atoms with Gasteiger partial charge in [0.1, 0.15) is 6.54 Å². The third-order valence-corrected chi connectivity index (χ3v) is 2.62. The molecule has 0 saturated carbocycles. The van der Waals surface area contributed by atoms with Crippen LogP contribution in [0.2, 0.25) is 0 Å². The van der Waals surface area contributed by atoms with Crippen molar-refractivity contribution < 1.29 is 14.3 Å². The standard InChI is InChI=1S/C13H18N2O3/c1-3-10(14)13(17)9-6-4-5-7-11(9)15-8-12(16)18-2/h4-7,10,15H,3,8,14H2,1-2H3. The van der Waals surface area contributed by atoms with E-state index in [0.29, 0.717) is 17.7 Å². The predicted octanol–water partition coefficient (Wildman–Crippen LogP) is 1.19. The van der Waals surface area contributed by atoms with E-state index in [1.807, 2.05) is 6.92 Å². The smallest absolute Gasteiger partial charge is 0.325 e. The Morgan fingerprint density at radius 2 is 2.06 bits per heavy atom. The summed E-state index contributed by atoms with van der Waals surface area (Å²) in [7, 11) is 1.31. The minimum atomic E-state index is -0.522. The first-order valence-electron chi connectivity index (χ1n) is 5.79. The first-order valence-corrected chi connectivity index (χ1v) is 5.79. The predicted molar refractivity (Wildman–Crippen MR) is 69.5 cm³/mol. The van der Waals surface area contributed by atoms with Gasteiger partial charge in [-0.05, 0) is 18.6 Å². The van der Waals surface area contributed by atoms with E-state index in [2.05, 4.69) is 10.1 Å². The minimum Gasteiger partial charge on any atom is -0.468 e. The van der Waals surface area contributed by atoms with Crippen LogP contribution in [0.4, 0.5) is 5.69 Å². The summed E-state index contributed by atoms with van der Waals surface area (Å²) in [5.74, 6) is -0.525. The number of methoxy groups -OCH3 is 1. The summed E-state index contributed by atoms with van der Waals surface area (Å²) in [5, 5.41) is 2.87. The number of nitrogens with two attached hydrogens (primary N) is 1. The lowest BCUT2D eigenvalue weighted by atomic mass is 10.0. The van der Waals surface area contributed by atoms with Crippen molar-refractivity contribution in [2.75, 3.05) is 19.0 Å². The maximum absolute atomic E-state index is 12.0. The van der Waals surface area contributed by atoms with Crippen LogP contribution in [-0.4, -0.2) is 31.4 Å². The van der Waals surface area contributed by atoms with E-state index in [9.17, 15) is 9.59 Å². The highest BCUT2D eigenvalue weighted by Crippen LogP contribution is 2.17. The molecule has 0 saturated heterocycles. The lowest BCUT2D eigenvalue weighted by molar-refractivity contribution is -0.138. The van der Waals surface area contributed by atoms with Gasteiger partial charge in [0.25, 0.3) is 0 Å². The number of benzene rings is 1. The average Bonchev–Trinajstić information content (AvgIpc) is 2.43. The number of nitrogens with one attached hydrogen (secondary N) is 1. The fourth-order valence-electron chi connectivity index (χ4n) is 1.48. The van der Waals surface area contributed by atoms with Crippen molar-refractivity contribution in [3.63, 3.8) is 0 Å². The zero-order valence-electron chi connectivity index (χ0n) is 10.6. The van der Waals surface area contributed by atoms with E-state index in [-0.39, 0.29) is 12.3 Å². The molecule has 98 valence electrons. The Balaban J connectivity index is 2.85. The van der Waals surface area contributed by atoms with Gasteiger partial charge >= 0.3 is 5.97 Å². The molecule has 0 spiro atoms. The molecule has 0 aliphatic heterocycles. The highest BCUT2D eigenvalue weighted by atomic mass is 16.5. The Hall–Kier alpha value is -1.88. The van der Waals surface area contributed by atoms with Crippen LogP contribution in [0, 0.1) is 0 Å². The molecule has 1 atom stereocenters. The number of hydrogen-bond donors (Lipinski definition) is 2. The largest absolute Gasteiger partial charge is 0.468 e. The third-order valence-electron chi connectivity index (χ3n) is 2.62. The lowest BCUT2D eigenvalue weighted by Gasteiger charge is -2.13. The molecule has 0 radical (unpaired) electrons. The van der Waals surface area contributed by atoms with Crippen LogP contribution in [0.1, 0.15) is 23.7 Å². The number of esters is 1. The van der Waals surface area contributed by atoms with Crippen LogP contribution in [0.25, 0.3) is 0 Å². The minimum absolute atomic E-state index is 0.0160. The molecule has 0 fully saturated rings. The van der Waals surface area contributed by atoms with Gasteiger partial charge in [0, 0.05) is 11.3 Å². The van der Waals surface area contributed by atoms with E-state index in [0.717, 1.165) is 0 Å². The van der Waals surface area contributed by atoms with Crippen molar-refractivity contribution in [3.05, 3.63) is 29.8 Å². The van der Waals surface area contributed by atoms with E-state index in [4.69, 9.17) is 5.73 Å². The Morgan fingerprint density at radius 1 is 1.39 bits per heavy atom. The van der Waals surface area contributed by atoms with Crippen LogP contribution in [0.15, 0.2) is 24.3 Å². The van der Waals surface area contributed by atoms with Crippen LogP contribution in [0.5, 0.6) is 0 Å². The first-order chi connectivity index (χ1) is 8.60. The summed E-state index contributed by atoms with van der Waals surface area (Å²) < 4.78 is 4.53. The van der Waals surface area contributed by atoms with Crippen molar-refractivity contribution in [1.29, 1.82) is 0 Å². The summed E-state index contributed by atoms with van der Waals surface area (Å²) in [4.78, 5) is 23.1. The van der Waals surface area contributed by atoms with Crippen molar-refractivity contribution in [2.45, 2.75) is 19.4 Å². The number of para-hydroxylation sites is 1. The van der Waals surface area contributed by atoms with Crippen molar-refractivity contribution >= 4 is 17.4 Å². The van der Waals surface area contributed by atoms with Crippen LogP contribution in [-0.2, 0) is 9.53 Å². The highest BCUT2D eigenvalue weighted by Gasteiger charge is 2.17. The van der Waals surface area contributed by atoms with E-state index in [1.54, 1.807) is 24.3 Å². The number of ether oxygens (including phenoxy) is 1. The van der Waals surface area contributed by atoms with Gasteiger partial charge in [-0.25, -0.2) is 0 Å². The van der Waals surface area contributed by atoms with Gasteiger partial charge in [-0.15, -0.1) is 0 Å². The molecule has 1 unspecified atom stereocenters. The van der Waals surface area contributed by atoms with Crippen molar-refractivity contribution in [1.82, 2.24) is 0 Å². The van der Waals surface area contributed by atoms with Gasteiger partial charge in [0.15, 0.2) is 5.78 Å². The van der Waals surface area contributed by atoms with E-state index in [1.165, 1.54) is 7.11 Å². The Labute approximate surface area is 106 Å². The van der Waals surface area contributed by atoms with Gasteiger partial charge in [0.05, 0.1) is 13.2 Å². The summed E-state index contributed by atoms with van der Waals surface area (Å²) >= 11 is 0. The SMILES string of the molecule is CCC(N)C(=O)c1ccccc1NCC(=O)OC. The summed E-state index contributed by atoms with van der Waals surface area (Å²) in [6.45, 7) is 1.87. The molecule has 0 aliphatic rings. The first kappa shape index (κ1) is 14.2. The molecule has 5 nitrogen and oxygen atoms in total. The zero-order valence-corrected chi connectivity index (χ0v) is 10.6. The molecule has 1 rings (SSSR count). The number of anilines is 1. The Kier molecular flexibility index (Phi) is 5.32. The molecule has 18 heavy (non-hydrogen) atoms. The highest BCUT2D eigenvalue weighted by molar-refractivity contribution is 6.04. The number of carbonyl (C=O) groups excluding carboxylic acids is 2. The normalized spacial score (nSPS) is 11.7.